The van der Waals surface area contributed by atoms with Gasteiger partial charge < -0.3 is 10.3 Å². The Morgan fingerprint density at radius 3 is 2.45 bits per heavy atom. The molecule has 2 rings (SSSR count). The second kappa shape index (κ2) is 6.58. The lowest BCUT2D eigenvalue weighted by Crippen LogP contribution is -2.39. The van der Waals surface area contributed by atoms with Crippen LogP contribution < -0.4 is 10.9 Å². The van der Waals surface area contributed by atoms with Crippen molar-refractivity contribution in [2.75, 3.05) is 0 Å². The predicted octanol–water partition coefficient (Wildman–Crippen LogP) is 2.44. The summed E-state index contributed by atoms with van der Waals surface area (Å²) in [4.78, 5) is 27.3. The summed E-state index contributed by atoms with van der Waals surface area (Å²) in [5.41, 5.74) is -0.447. The molecular formula is C16H26N4O2. The Morgan fingerprint density at radius 2 is 1.95 bits per heavy atom. The first-order valence-corrected chi connectivity index (χ1v) is 8.10. The van der Waals surface area contributed by atoms with Crippen LogP contribution in [0.15, 0.2) is 4.79 Å². The Kier molecular flexibility index (Phi) is 4.98. The van der Waals surface area contributed by atoms with E-state index in [1.165, 1.54) is 12.8 Å². The Hall–Kier alpha value is -1.72. The molecule has 1 aliphatic carbocycles. The highest BCUT2D eigenvalue weighted by Crippen LogP contribution is 2.31. The summed E-state index contributed by atoms with van der Waals surface area (Å²) in [6.07, 6.45) is 5.07. The fourth-order valence-corrected chi connectivity index (χ4v) is 2.71. The first-order chi connectivity index (χ1) is 10.3. The van der Waals surface area contributed by atoms with E-state index in [1.807, 2.05) is 27.7 Å². The van der Waals surface area contributed by atoms with Crippen LogP contribution in [0.1, 0.15) is 83.3 Å². The molecule has 122 valence electrons. The Bertz CT molecular complexity index is 583. The van der Waals surface area contributed by atoms with Gasteiger partial charge in [0.2, 0.25) is 5.91 Å². The van der Waals surface area contributed by atoms with Crippen LogP contribution in [0.4, 0.5) is 0 Å². The number of carbonyl (C=O) groups is 1. The molecule has 1 heterocycles. The van der Waals surface area contributed by atoms with Crippen LogP contribution in [-0.4, -0.2) is 21.1 Å². The van der Waals surface area contributed by atoms with Crippen LogP contribution in [0, 0.1) is 5.41 Å². The average molecular weight is 306 g/mol. The minimum absolute atomic E-state index is 0.0968. The second-order valence-corrected chi connectivity index (χ2v) is 7.09. The summed E-state index contributed by atoms with van der Waals surface area (Å²) in [6, 6.07) is -0.402. The van der Waals surface area contributed by atoms with Gasteiger partial charge >= 0.3 is 0 Å². The maximum atomic E-state index is 12.3. The fraction of sp³-hybridized carbons (Fsp3) is 0.750. The largest absolute Gasteiger partial charge is 0.347 e. The maximum Gasteiger partial charge on any atom is 0.275 e. The van der Waals surface area contributed by atoms with E-state index >= 15 is 0 Å². The lowest BCUT2D eigenvalue weighted by molar-refractivity contribution is -0.129. The zero-order chi connectivity index (χ0) is 16.3. The molecule has 0 aliphatic heterocycles. The molecule has 0 spiro atoms. The lowest BCUT2D eigenvalue weighted by atomic mass is 9.95. The van der Waals surface area contributed by atoms with Crippen molar-refractivity contribution in [3.8, 4) is 0 Å². The SMILES string of the molecule is CCC(NC(=O)C(C)(C)C)c1nnc(C2CCCC2)[nH]c1=O. The zero-order valence-corrected chi connectivity index (χ0v) is 13.9. The molecule has 1 unspecified atom stereocenters. The molecule has 0 saturated heterocycles. The van der Waals surface area contributed by atoms with Crippen molar-refractivity contribution in [3.05, 3.63) is 21.9 Å². The highest BCUT2D eigenvalue weighted by molar-refractivity contribution is 5.81. The number of amides is 1. The minimum Gasteiger partial charge on any atom is -0.347 e. The van der Waals surface area contributed by atoms with Gasteiger partial charge in [0.05, 0.1) is 6.04 Å². The number of rotatable bonds is 4. The molecule has 0 bridgehead atoms. The molecule has 1 atom stereocenters. The number of aromatic amines is 1. The van der Waals surface area contributed by atoms with Crippen molar-refractivity contribution in [1.82, 2.24) is 20.5 Å². The first kappa shape index (κ1) is 16.6. The number of nitrogens with zero attached hydrogens (tertiary/aromatic N) is 2. The number of nitrogens with one attached hydrogen (secondary N) is 2. The molecule has 0 radical (unpaired) electrons. The van der Waals surface area contributed by atoms with Crippen LogP contribution in [0.3, 0.4) is 0 Å². The lowest BCUT2D eigenvalue weighted by Gasteiger charge is -2.22. The Labute approximate surface area is 131 Å². The molecule has 6 heteroatoms. The van der Waals surface area contributed by atoms with Crippen LogP contribution >= 0.6 is 0 Å². The normalized spacial score (nSPS) is 17.5. The van der Waals surface area contributed by atoms with Crippen molar-refractivity contribution in [3.63, 3.8) is 0 Å². The van der Waals surface area contributed by atoms with Gasteiger partial charge in [-0.15, -0.1) is 10.2 Å². The van der Waals surface area contributed by atoms with E-state index in [9.17, 15) is 9.59 Å². The van der Waals surface area contributed by atoms with Crippen LogP contribution in [0.25, 0.3) is 0 Å². The number of H-pyrrole nitrogens is 1. The molecule has 1 aromatic heterocycles. The fourth-order valence-electron chi connectivity index (χ4n) is 2.71. The molecular weight excluding hydrogens is 280 g/mol. The van der Waals surface area contributed by atoms with Crippen LogP contribution in [-0.2, 0) is 4.79 Å². The molecule has 22 heavy (non-hydrogen) atoms. The standard InChI is InChI=1S/C16H26N4O2/c1-5-11(17-15(22)16(2,3)4)12-14(21)18-13(20-19-12)10-8-6-7-9-10/h10-11H,5-9H2,1-4H3,(H,17,22)(H,18,20,21). The molecule has 1 saturated carbocycles. The summed E-state index contributed by atoms with van der Waals surface area (Å²) >= 11 is 0. The summed E-state index contributed by atoms with van der Waals surface area (Å²) in [5.74, 6) is 0.905. The molecule has 1 aromatic rings. The summed E-state index contributed by atoms with van der Waals surface area (Å²) in [5, 5.41) is 11.2. The highest BCUT2D eigenvalue weighted by atomic mass is 16.2. The number of carbonyl (C=O) groups excluding carboxylic acids is 1. The molecule has 0 aromatic carbocycles. The van der Waals surface area contributed by atoms with Crippen molar-refractivity contribution < 1.29 is 4.79 Å². The number of hydrogen-bond acceptors (Lipinski definition) is 4. The van der Waals surface area contributed by atoms with E-state index in [0.717, 1.165) is 12.8 Å². The molecule has 2 N–H and O–H groups in total. The molecule has 1 aliphatic rings. The topological polar surface area (TPSA) is 87.7 Å². The molecule has 1 fully saturated rings. The predicted molar refractivity (Wildman–Crippen MR) is 84.5 cm³/mol. The van der Waals surface area contributed by atoms with Gasteiger partial charge in [-0.2, -0.15) is 0 Å². The van der Waals surface area contributed by atoms with Crippen molar-refractivity contribution in [1.29, 1.82) is 0 Å². The average Bonchev–Trinajstić information content (AvgIpc) is 2.98. The van der Waals surface area contributed by atoms with Gasteiger partial charge in [-0.05, 0) is 19.3 Å². The Balaban J connectivity index is 2.19. The highest BCUT2D eigenvalue weighted by Gasteiger charge is 2.27. The van der Waals surface area contributed by atoms with Crippen LogP contribution in [0.5, 0.6) is 0 Å². The third-order valence-electron chi connectivity index (χ3n) is 4.21. The van der Waals surface area contributed by atoms with E-state index in [2.05, 4.69) is 20.5 Å². The van der Waals surface area contributed by atoms with Crippen molar-refractivity contribution in [2.24, 2.45) is 5.41 Å². The summed E-state index contributed by atoms with van der Waals surface area (Å²) in [6.45, 7) is 7.44. The quantitative estimate of drug-likeness (QED) is 0.894. The second-order valence-electron chi connectivity index (χ2n) is 7.09. The smallest absolute Gasteiger partial charge is 0.275 e. The maximum absolute atomic E-state index is 12.3. The van der Waals surface area contributed by atoms with E-state index in [-0.39, 0.29) is 11.5 Å². The van der Waals surface area contributed by atoms with E-state index < -0.39 is 11.5 Å². The van der Waals surface area contributed by atoms with Crippen LogP contribution in [0.2, 0.25) is 0 Å². The van der Waals surface area contributed by atoms with Gasteiger partial charge in [0.1, 0.15) is 5.82 Å². The van der Waals surface area contributed by atoms with E-state index in [4.69, 9.17) is 0 Å². The summed E-state index contributed by atoms with van der Waals surface area (Å²) in [7, 11) is 0. The monoisotopic (exact) mass is 306 g/mol. The number of aromatic nitrogens is 3. The Morgan fingerprint density at radius 1 is 1.32 bits per heavy atom. The third kappa shape index (κ3) is 3.72. The van der Waals surface area contributed by atoms with Gasteiger partial charge in [0.25, 0.3) is 5.56 Å². The van der Waals surface area contributed by atoms with Gasteiger partial charge in [-0.3, -0.25) is 9.59 Å². The zero-order valence-electron chi connectivity index (χ0n) is 13.9. The van der Waals surface area contributed by atoms with Gasteiger partial charge in [-0.25, -0.2) is 0 Å². The first-order valence-electron chi connectivity index (χ1n) is 8.10. The van der Waals surface area contributed by atoms with Crippen molar-refractivity contribution in [2.45, 2.75) is 71.8 Å². The van der Waals surface area contributed by atoms with E-state index in [1.54, 1.807) is 0 Å². The minimum atomic E-state index is -0.503. The van der Waals surface area contributed by atoms with E-state index in [0.29, 0.717) is 23.9 Å². The van der Waals surface area contributed by atoms with Crippen molar-refractivity contribution >= 4 is 5.91 Å². The number of hydrogen-bond donors (Lipinski definition) is 2. The molecule has 1 amide bonds. The van der Waals surface area contributed by atoms with Gasteiger partial charge in [0.15, 0.2) is 5.69 Å². The summed E-state index contributed by atoms with van der Waals surface area (Å²) < 4.78 is 0. The molecule has 6 nitrogen and oxygen atoms in total. The third-order valence-corrected chi connectivity index (χ3v) is 4.21. The van der Waals surface area contributed by atoms with Gasteiger partial charge in [-0.1, -0.05) is 40.5 Å². The van der Waals surface area contributed by atoms with Gasteiger partial charge in [0, 0.05) is 11.3 Å².